The van der Waals surface area contributed by atoms with Crippen molar-refractivity contribution in [2.45, 2.75) is 19.8 Å². The lowest BCUT2D eigenvalue weighted by Crippen LogP contribution is -2.11. The quantitative estimate of drug-likeness (QED) is 0.759. The average Bonchev–Trinajstić information content (AvgIpc) is 2.20. The highest BCUT2D eigenvalue weighted by Crippen LogP contribution is 2.22. The molecule has 0 aliphatic carbocycles. The van der Waals surface area contributed by atoms with Crippen LogP contribution in [0.15, 0.2) is 18.2 Å². The van der Waals surface area contributed by atoms with Crippen LogP contribution in [-0.4, -0.2) is 12.5 Å². The van der Waals surface area contributed by atoms with Crippen LogP contribution >= 0.6 is 11.6 Å². The van der Waals surface area contributed by atoms with Crippen LogP contribution in [0, 0.1) is 0 Å². The topological polar surface area (TPSA) is 55.1 Å². The minimum atomic E-state index is -0.440. The zero-order valence-electron chi connectivity index (χ0n) is 8.72. The summed E-state index contributed by atoms with van der Waals surface area (Å²) < 4.78 is 0. The Morgan fingerprint density at radius 3 is 2.87 bits per heavy atom. The molecule has 0 bridgehead atoms. The first-order valence-corrected chi connectivity index (χ1v) is 5.36. The van der Waals surface area contributed by atoms with Crippen molar-refractivity contribution in [1.82, 2.24) is 0 Å². The number of anilines is 1. The van der Waals surface area contributed by atoms with Gasteiger partial charge in [0.15, 0.2) is 0 Å². The lowest BCUT2D eigenvalue weighted by molar-refractivity contribution is 0.100. The molecule has 0 saturated heterocycles. The van der Waals surface area contributed by atoms with E-state index in [4.69, 9.17) is 17.3 Å². The Morgan fingerprint density at radius 1 is 1.53 bits per heavy atom. The third kappa shape index (κ3) is 3.44. The lowest BCUT2D eigenvalue weighted by atomic mass is 10.2. The number of carbonyl (C=O) groups is 1. The molecule has 0 heterocycles. The molecule has 0 fully saturated rings. The van der Waals surface area contributed by atoms with Gasteiger partial charge in [0, 0.05) is 12.1 Å². The normalized spacial score (nSPS) is 10.0. The maximum Gasteiger partial charge on any atom is 0.248 e. The minimum absolute atomic E-state index is 0.440. The van der Waals surface area contributed by atoms with E-state index in [1.165, 1.54) is 0 Å². The molecule has 0 saturated carbocycles. The van der Waals surface area contributed by atoms with Crippen LogP contribution in [0.1, 0.15) is 30.1 Å². The molecule has 0 aromatic heterocycles. The molecule has 82 valence electrons. The second-order valence-electron chi connectivity index (χ2n) is 3.34. The number of carbonyl (C=O) groups excluding carboxylic acids is 1. The van der Waals surface area contributed by atoms with Gasteiger partial charge in [0.05, 0.1) is 10.7 Å². The fourth-order valence-corrected chi connectivity index (χ4v) is 1.40. The Bertz CT molecular complexity index is 352. The summed E-state index contributed by atoms with van der Waals surface area (Å²) in [4.78, 5) is 10.9. The van der Waals surface area contributed by atoms with Crippen molar-refractivity contribution in [3.05, 3.63) is 28.8 Å². The minimum Gasteiger partial charge on any atom is -0.384 e. The van der Waals surface area contributed by atoms with E-state index in [0.717, 1.165) is 25.1 Å². The second-order valence-corrected chi connectivity index (χ2v) is 3.75. The van der Waals surface area contributed by atoms with Crippen LogP contribution in [0.2, 0.25) is 5.02 Å². The number of halogens is 1. The molecule has 15 heavy (non-hydrogen) atoms. The van der Waals surface area contributed by atoms with Crippen LogP contribution in [0.25, 0.3) is 0 Å². The van der Waals surface area contributed by atoms with Gasteiger partial charge in [-0.3, -0.25) is 4.79 Å². The summed E-state index contributed by atoms with van der Waals surface area (Å²) in [6.45, 7) is 2.96. The molecule has 0 unspecified atom stereocenters. The van der Waals surface area contributed by atoms with E-state index in [9.17, 15) is 4.79 Å². The number of rotatable bonds is 5. The molecule has 1 aromatic rings. The highest BCUT2D eigenvalue weighted by atomic mass is 35.5. The van der Waals surface area contributed by atoms with Crippen molar-refractivity contribution in [2.75, 3.05) is 11.9 Å². The van der Waals surface area contributed by atoms with E-state index < -0.39 is 5.91 Å². The number of hydrogen-bond acceptors (Lipinski definition) is 2. The molecule has 0 atom stereocenters. The Labute approximate surface area is 94.6 Å². The molecular formula is C11H15ClN2O. The van der Waals surface area contributed by atoms with Crippen molar-refractivity contribution >= 4 is 23.2 Å². The molecule has 4 heteroatoms. The van der Waals surface area contributed by atoms with Crippen molar-refractivity contribution in [3.8, 4) is 0 Å². The van der Waals surface area contributed by atoms with Gasteiger partial charge >= 0.3 is 0 Å². The monoisotopic (exact) mass is 226 g/mol. The zero-order valence-corrected chi connectivity index (χ0v) is 9.47. The summed E-state index contributed by atoms with van der Waals surface area (Å²) in [5, 5.41) is 3.78. The lowest BCUT2D eigenvalue weighted by Gasteiger charge is -2.08. The predicted molar refractivity (Wildman–Crippen MR) is 63.4 cm³/mol. The van der Waals surface area contributed by atoms with Crippen molar-refractivity contribution < 1.29 is 4.79 Å². The average molecular weight is 227 g/mol. The number of unbranched alkanes of at least 4 members (excludes halogenated alkanes) is 1. The summed E-state index contributed by atoms with van der Waals surface area (Å²) in [5.41, 5.74) is 6.41. The van der Waals surface area contributed by atoms with Gasteiger partial charge in [-0.05, 0) is 24.6 Å². The van der Waals surface area contributed by atoms with E-state index in [1.54, 1.807) is 18.2 Å². The van der Waals surface area contributed by atoms with E-state index in [1.807, 2.05) is 0 Å². The fourth-order valence-electron chi connectivity index (χ4n) is 1.21. The maximum absolute atomic E-state index is 10.9. The molecule has 0 spiro atoms. The number of nitrogens with one attached hydrogen (secondary N) is 1. The Kier molecular flexibility index (Phi) is 4.43. The highest BCUT2D eigenvalue weighted by Gasteiger charge is 2.04. The molecule has 0 aliphatic heterocycles. The molecule has 1 amide bonds. The van der Waals surface area contributed by atoms with Gasteiger partial charge in [-0.1, -0.05) is 24.9 Å². The van der Waals surface area contributed by atoms with Crippen LogP contribution in [0.3, 0.4) is 0 Å². The van der Waals surface area contributed by atoms with E-state index >= 15 is 0 Å². The number of benzene rings is 1. The Morgan fingerprint density at radius 2 is 2.27 bits per heavy atom. The Hall–Kier alpha value is -1.22. The Balaban J connectivity index is 2.76. The molecule has 1 aromatic carbocycles. The standard InChI is InChI=1S/C11H15ClN2O/c1-2-3-6-14-10-7-8(11(13)15)4-5-9(10)12/h4-5,7,14H,2-3,6H2,1H3,(H2,13,15). The SMILES string of the molecule is CCCCNc1cc(C(N)=O)ccc1Cl. The summed E-state index contributed by atoms with van der Waals surface area (Å²) >= 11 is 5.97. The summed E-state index contributed by atoms with van der Waals surface area (Å²) in [7, 11) is 0. The van der Waals surface area contributed by atoms with Gasteiger partial charge in [0.25, 0.3) is 0 Å². The highest BCUT2D eigenvalue weighted by molar-refractivity contribution is 6.33. The summed E-state index contributed by atoms with van der Waals surface area (Å²) in [6.07, 6.45) is 2.18. The summed E-state index contributed by atoms with van der Waals surface area (Å²) in [5.74, 6) is -0.440. The summed E-state index contributed by atoms with van der Waals surface area (Å²) in [6, 6.07) is 4.98. The van der Waals surface area contributed by atoms with Gasteiger partial charge in [-0.2, -0.15) is 0 Å². The predicted octanol–water partition coefficient (Wildman–Crippen LogP) is 2.65. The van der Waals surface area contributed by atoms with Crippen LogP contribution in [-0.2, 0) is 0 Å². The number of nitrogens with two attached hydrogens (primary N) is 1. The van der Waals surface area contributed by atoms with Gasteiger partial charge in [-0.15, -0.1) is 0 Å². The van der Waals surface area contributed by atoms with Crippen molar-refractivity contribution in [3.63, 3.8) is 0 Å². The van der Waals surface area contributed by atoms with E-state index in [2.05, 4.69) is 12.2 Å². The molecule has 1 rings (SSSR count). The van der Waals surface area contributed by atoms with Crippen molar-refractivity contribution in [2.24, 2.45) is 5.73 Å². The zero-order chi connectivity index (χ0) is 11.3. The molecule has 3 nitrogen and oxygen atoms in total. The first-order valence-electron chi connectivity index (χ1n) is 4.98. The van der Waals surface area contributed by atoms with Crippen LogP contribution in [0.5, 0.6) is 0 Å². The first kappa shape index (κ1) is 11.9. The second kappa shape index (κ2) is 5.61. The van der Waals surface area contributed by atoms with Crippen LogP contribution < -0.4 is 11.1 Å². The van der Waals surface area contributed by atoms with Gasteiger partial charge in [0.1, 0.15) is 0 Å². The van der Waals surface area contributed by atoms with Gasteiger partial charge < -0.3 is 11.1 Å². The third-order valence-electron chi connectivity index (χ3n) is 2.10. The molecule has 0 radical (unpaired) electrons. The number of hydrogen-bond donors (Lipinski definition) is 2. The molecule has 3 N–H and O–H groups in total. The molecule has 0 aliphatic rings. The van der Waals surface area contributed by atoms with Gasteiger partial charge in [0.2, 0.25) is 5.91 Å². The van der Waals surface area contributed by atoms with Crippen LogP contribution in [0.4, 0.5) is 5.69 Å². The first-order chi connectivity index (χ1) is 7.15. The number of primary amides is 1. The largest absolute Gasteiger partial charge is 0.384 e. The van der Waals surface area contributed by atoms with Gasteiger partial charge in [-0.25, -0.2) is 0 Å². The van der Waals surface area contributed by atoms with Crippen molar-refractivity contribution in [1.29, 1.82) is 0 Å². The van der Waals surface area contributed by atoms with E-state index in [-0.39, 0.29) is 0 Å². The number of amides is 1. The maximum atomic E-state index is 10.9. The molecular weight excluding hydrogens is 212 g/mol. The third-order valence-corrected chi connectivity index (χ3v) is 2.43. The smallest absolute Gasteiger partial charge is 0.248 e. The fraction of sp³-hybridized carbons (Fsp3) is 0.364. The van der Waals surface area contributed by atoms with E-state index in [0.29, 0.717) is 10.6 Å².